The molecule has 0 spiro atoms. The lowest BCUT2D eigenvalue weighted by Crippen LogP contribution is -2.10. The summed E-state index contributed by atoms with van der Waals surface area (Å²) in [4.78, 5) is 4.76. The van der Waals surface area contributed by atoms with Gasteiger partial charge in [0.2, 0.25) is 0 Å². The van der Waals surface area contributed by atoms with Crippen LogP contribution < -0.4 is 0 Å². The summed E-state index contributed by atoms with van der Waals surface area (Å²) in [6, 6.07) is 21.9. The average Bonchev–Trinajstić information content (AvgIpc) is 3.37. The highest BCUT2D eigenvalue weighted by atomic mass is 15.1. The molecule has 0 aliphatic heterocycles. The van der Waals surface area contributed by atoms with Crippen molar-refractivity contribution in [3.05, 3.63) is 95.3 Å². The summed E-state index contributed by atoms with van der Waals surface area (Å²) < 4.78 is 2.32. The minimum absolute atomic E-state index is 0.407. The Balaban J connectivity index is 1.86. The quantitative estimate of drug-likeness (QED) is 0.312. The van der Waals surface area contributed by atoms with E-state index >= 15 is 0 Å². The van der Waals surface area contributed by atoms with E-state index in [4.69, 9.17) is 4.98 Å². The lowest BCUT2D eigenvalue weighted by molar-refractivity contribution is 0.806. The molecule has 0 radical (unpaired) electrons. The number of nitrogens with zero attached hydrogens (tertiary/aromatic N) is 2. The highest BCUT2D eigenvalue weighted by Crippen LogP contribution is 2.47. The molecule has 1 aliphatic carbocycles. The third kappa shape index (κ3) is 2.90. The smallest absolute Gasteiger partial charge is 0.144 e. The normalized spacial score (nSPS) is 12.5. The first-order chi connectivity index (χ1) is 14.6. The molecule has 0 N–H and O–H groups in total. The van der Waals surface area contributed by atoms with Crippen molar-refractivity contribution in [3.8, 4) is 28.2 Å². The molecule has 1 aromatic heterocycles. The molecule has 1 aliphatic rings. The van der Waals surface area contributed by atoms with Crippen LogP contribution in [0.5, 0.6) is 0 Å². The van der Waals surface area contributed by atoms with E-state index in [0.717, 1.165) is 17.8 Å². The van der Waals surface area contributed by atoms with E-state index in [9.17, 15) is 0 Å². The molecule has 1 heterocycles. The molecule has 0 saturated carbocycles. The first-order valence-electron chi connectivity index (χ1n) is 10.9. The standard InChI is InChI=1S/C28H28N2/c1-18(2)24-17-22-16-21-12-8-9-13-23(21)26(22)25(19(3)4)27(24)30-15-14-29-28(30)20-10-6-5-7-11-20/h5-15,17-19H,16H2,1-4H3. The van der Waals surface area contributed by atoms with Crippen LogP contribution in [0.2, 0.25) is 0 Å². The van der Waals surface area contributed by atoms with Crippen LogP contribution in [0.15, 0.2) is 73.1 Å². The van der Waals surface area contributed by atoms with E-state index in [1.165, 1.54) is 39.1 Å². The first-order valence-corrected chi connectivity index (χ1v) is 10.9. The Labute approximate surface area is 179 Å². The zero-order valence-electron chi connectivity index (χ0n) is 18.2. The zero-order valence-corrected chi connectivity index (χ0v) is 18.2. The Morgan fingerprint density at radius 2 is 1.57 bits per heavy atom. The number of hydrogen-bond acceptors (Lipinski definition) is 1. The van der Waals surface area contributed by atoms with Crippen LogP contribution in [-0.2, 0) is 6.42 Å². The second-order valence-corrected chi connectivity index (χ2v) is 8.89. The second-order valence-electron chi connectivity index (χ2n) is 8.89. The number of hydrogen-bond donors (Lipinski definition) is 0. The molecule has 0 amide bonds. The molecule has 0 unspecified atom stereocenters. The number of fused-ring (bicyclic) bond motifs is 3. The molecule has 0 bridgehead atoms. The van der Waals surface area contributed by atoms with Crippen LogP contribution in [-0.4, -0.2) is 9.55 Å². The van der Waals surface area contributed by atoms with Crippen molar-refractivity contribution < 1.29 is 0 Å². The summed E-state index contributed by atoms with van der Waals surface area (Å²) in [6.07, 6.45) is 5.08. The minimum Gasteiger partial charge on any atom is -0.299 e. The maximum absolute atomic E-state index is 4.76. The van der Waals surface area contributed by atoms with Gasteiger partial charge in [0.1, 0.15) is 5.82 Å². The topological polar surface area (TPSA) is 17.8 Å². The van der Waals surface area contributed by atoms with Crippen LogP contribution in [0.25, 0.3) is 28.2 Å². The molecule has 0 saturated heterocycles. The monoisotopic (exact) mass is 392 g/mol. The lowest BCUT2D eigenvalue weighted by Gasteiger charge is -2.25. The van der Waals surface area contributed by atoms with Gasteiger partial charge in [-0.05, 0) is 51.6 Å². The second kappa shape index (κ2) is 7.28. The van der Waals surface area contributed by atoms with E-state index in [0.29, 0.717) is 11.8 Å². The van der Waals surface area contributed by atoms with Gasteiger partial charge < -0.3 is 0 Å². The van der Waals surface area contributed by atoms with Crippen LogP contribution >= 0.6 is 0 Å². The van der Waals surface area contributed by atoms with Crippen LogP contribution in [0.1, 0.15) is 61.8 Å². The fourth-order valence-electron chi connectivity index (χ4n) is 4.91. The summed E-state index contributed by atoms with van der Waals surface area (Å²) in [7, 11) is 0. The molecule has 150 valence electrons. The van der Waals surface area contributed by atoms with Gasteiger partial charge in [-0.25, -0.2) is 4.98 Å². The predicted molar refractivity (Wildman–Crippen MR) is 125 cm³/mol. The van der Waals surface area contributed by atoms with Crippen molar-refractivity contribution in [2.75, 3.05) is 0 Å². The molecule has 30 heavy (non-hydrogen) atoms. The van der Waals surface area contributed by atoms with Gasteiger partial charge >= 0.3 is 0 Å². The minimum atomic E-state index is 0.407. The summed E-state index contributed by atoms with van der Waals surface area (Å²) in [6.45, 7) is 9.25. The fraction of sp³-hybridized carbons (Fsp3) is 0.250. The van der Waals surface area contributed by atoms with Gasteiger partial charge in [-0.2, -0.15) is 0 Å². The Bertz CT molecular complexity index is 1210. The van der Waals surface area contributed by atoms with Crippen molar-refractivity contribution in [2.45, 2.75) is 46.0 Å². The molecule has 2 heteroatoms. The van der Waals surface area contributed by atoms with Crippen LogP contribution in [0.4, 0.5) is 0 Å². The third-order valence-corrected chi connectivity index (χ3v) is 6.23. The van der Waals surface area contributed by atoms with Gasteiger partial charge in [-0.1, -0.05) is 88.4 Å². The van der Waals surface area contributed by atoms with Gasteiger partial charge in [-0.15, -0.1) is 0 Å². The number of aromatic nitrogens is 2. The zero-order chi connectivity index (χ0) is 20.8. The Morgan fingerprint density at radius 1 is 0.833 bits per heavy atom. The van der Waals surface area contributed by atoms with Crippen molar-refractivity contribution in [3.63, 3.8) is 0 Å². The fourth-order valence-corrected chi connectivity index (χ4v) is 4.91. The van der Waals surface area contributed by atoms with E-state index < -0.39 is 0 Å². The summed E-state index contributed by atoms with van der Waals surface area (Å²) in [5, 5.41) is 0. The van der Waals surface area contributed by atoms with E-state index in [-0.39, 0.29) is 0 Å². The van der Waals surface area contributed by atoms with Crippen LogP contribution in [0, 0.1) is 0 Å². The Kier molecular flexibility index (Phi) is 4.58. The van der Waals surface area contributed by atoms with E-state index in [1.807, 2.05) is 6.20 Å². The average molecular weight is 393 g/mol. The first kappa shape index (κ1) is 18.9. The molecule has 4 aromatic rings. The number of benzene rings is 3. The molecular formula is C28H28N2. The SMILES string of the molecule is CC(C)c1cc2c(c(C(C)C)c1-n1ccnc1-c1ccccc1)-c1ccccc1C2. The van der Waals surface area contributed by atoms with Crippen LogP contribution in [0.3, 0.4) is 0 Å². The van der Waals surface area contributed by atoms with Crippen molar-refractivity contribution in [2.24, 2.45) is 0 Å². The third-order valence-electron chi connectivity index (χ3n) is 6.23. The largest absolute Gasteiger partial charge is 0.299 e. The van der Waals surface area contributed by atoms with Gasteiger partial charge in [0, 0.05) is 18.0 Å². The molecule has 0 atom stereocenters. The summed E-state index contributed by atoms with van der Waals surface area (Å²) in [5.74, 6) is 1.84. The maximum Gasteiger partial charge on any atom is 0.144 e. The predicted octanol–water partition coefficient (Wildman–Crippen LogP) is 7.36. The van der Waals surface area contributed by atoms with Gasteiger partial charge in [0.25, 0.3) is 0 Å². The highest BCUT2D eigenvalue weighted by Gasteiger charge is 2.29. The number of rotatable bonds is 4. The molecule has 2 nitrogen and oxygen atoms in total. The maximum atomic E-state index is 4.76. The lowest BCUT2D eigenvalue weighted by atomic mass is 9.85. The Morgan fingerprint density at radius 3 is 2.30 bits per heavy atom. The summed E-state index contributed by atoms with van der Waals surface area (Å²) in [5.41, 5.74) is 11.0. The van der Waals surface area contributed by atoms with Crippen molar-refractivity contribution >= 4 is 0 Å². The van der Waals surface area contributed by atoms with Gasteiger partial charge in [-0.3, -0.25) is 4.57 Å². The molecule has 3 aromatic carbocycles. The van der Waals surface area contributed by atoms with Crippen molar-refractivity contribution in [1.82, 2.24) is 9.55 Å². The van der Waals surface area contributed by atoms with E-state index in [1.54, 1.807) is 0 Å². The van der Waals surface area contributed by atoms with E-state index in [2.05, 4.69) is 99.1 Å². The van der Waals surface area contributed by atoms with Crippen molar-refractivity contribution in [1.29, 1.82) is 0 Å². The van der Waals surface area contributed by atoms with Gasteiger partial charge in [0.15, 0.2) is 0 Å². The number of imidazole rings is 1. The Hall–Kier alpha value is -3.13. The summed E-state index contributed by atoms with van der Waals surface area (Å²) >= 11 is 0. The van der Waals surface area contributed by atoms with Gasteiger partial charge in [0.05, 0.1) is 5.69 Å². The molecule has 5 rings (SSSR count). The molecule has 0 fully saturated rings. The molecular weight excluding hydrogens is 364 g/mol. The highest BCUT2D eigenvalue weighted by molar-refractivity contribution is 5.84.